The minimum absolute atomic E-state index is 0.139. The molecule has 3 nitrogen and oxygen atoms in total. The smallest absolute Gasteiger partial charge is 0.125 e. The van der Waals surface area contributed by atoms with Gasteiger partial charge in [0.2, 0.25) is 0 Å². The van der Waals surface area contributed by atoms with Crippen molar-refractivity contribution in [2.75, 3.05) is 19.5 Å². The highest BCUT2D eigenvalue weighted by Crippen LogP contribution is 2.20. The fraction of sp³-hybridized carbons (Fsp3) is 0.500. The van der Waals surface area contributed by atoms with Gasteiger partial charge >= 0.3 is 0 Å². The number of nitrogens with one attached hydrogen (secondary N) is 1. The van der Waals surface area contributed by atoms with Gasteiger partial charge in [0.25, 0.3) is 0 Å². The molecule has 0 heterocycles. The van der Waals surface area contributed by atoms with Gasteiger partial charge < -0.3 is 14.8 Å². The largest absolute Gasteiger partial charge is 0.497 e. The summed E-state index contributed by atoms with van der Waals surface area (Å²) in [5, 5.41) is 3.09. The van der Waals surface area contributed by atoms with Crippen LogP contribution in [0, 0.1) is 12.3 Å². The van der Waals surface area contributed by atoms with E-state index in [1.54, 1.807) is 7.11 Å². The Hall–Kier alpha value is -1.51. The van der Waals surface area contributed by atoms with Crippen molar-refractivity contribution in [1.29, 1.82) is 0 Å². The van der Waals surface area contributed by atoms with E-state index >= 15 is 0 Å². The Morgan fingerprint density at radius 2 is 1.82 bits per heavy atom. The van der Waals surface area contributed by atoms with Crippen molar-refractivity contribution in [2.45, 2.75) is 27.7 Å². The molecular formula is C14H23NO2. The van der Waals surface area contributed by atoms with Gasteiger partial charge in [-0.2, -0.15) is 0 Å². The Morgan fingerprint density at radius 3 is 2.18 bits per heavy atom. The highest BCUT2D eigenvalue weighted by atomic mass is 16.5. The third-order valence-electron chi connectivity index (χ3n) is 2.07. The molecule has 0 saturated heterocycles. The summed E-state index contributed by atoms with van der Waals surface area (Å²) in [4.78, 5) is 9.83. The molecule has 0 amide bonds. The van der Waals surface area contributed by atoms with Gasteiger partial charge in [-0.25, -0.2) is 0 Å². The second kappa shape index (κ2) is 6.94. The molecule has 0 radical (unpaired) electrons. The molecule has 96 valence electrons. The molecule has 0 aliphatic heterocycles. The number of ether oxygens (including phenoxy) is 1. The molecule has 0 aromatic heterocycles. The molecular weight excluding hydrogens is 214 g/mol. The molecule has 0 bridgehead atoms. The lowest BCUT2D eigenvalue weighted by molar-refractivity contribution is -0.113. The molecule has 1 N–H and O–H groups in total. The molecule has 3 heteroatoms. The number of rotatable bonds is 2. The Balaban J connectivity index is 0.000000366. The highest BCUT2D eigenvalue weighted by molar-refractivity contribution is 5.56. The number of aryl methyl sites for hydroxylation is 1. The molecule has 0 fully saturated rings. The van der Waals surface area contributed by atoms with Crippen molar-refractivity contribution in [3.05, 3.63) is 23.8 Å². The zero-order valence-corrected chi connectivity index (χ0v) is 11.6. The summed E-state index contributed by atoms with van der Waals surface area (Å²) in [6.45, 7) is 7.69. The number of aldehydes is 1. The van der Waals surface area contributed by atoms with Crippen molar-refractivity contribution < 1.29 is 9.53 Å². The topological polar surface area (TPSA) is 38.3 Å². The van der Waals surface area contributed by atoms with Crippen LogP contribution in [0.15, 0.2) is 18.2 Å². The molecule has 1 aromatic carbocycles. The summed E-state index contributed by atoms with van der Waals surface area (Å²) < 4.78 is 5.07. The monoisotopic (exact) mass is 237 g/mol. The van der Waals surface area contributed by atoms with Gasteiger partial charge in [0.05, 0.1) is 7.11 Å². The van der Waals surface area contributed by atoms with Crippen molar-refractivity contribution in [3.8, 4) is 5.75 Å². The van der Waals surface area contributed by atoms with Gasteiger partial charge in [-0.05, 0) is 18.6 Å². The van der Waals surface area contributed by atoms with Gasteiger partial charge in [0.1, 0.15) is 12.0 Å². The van der Waals surface area contributed by atoms with Gasteiger partial charge in [0.15, 0.2) is 0 Å². The first-order valence-corrected chi connectivity index (χ1v) is 5.62. The zero-order chi connectivity index (χ0) is 13.5. The maximum absolute atomic E-state index is 9.83. The molecule has 1 rings (SSSR count). The lowest BCUT2D eigenvalue weighted by atomic mass is 10.0. The van der Waals surface area contributed by atoms with Gasteiger partial charge in [-0.1, -0.05) is 26.8 Å². The van der Waals surface area contributed by atoms with E-state index in [2.05, 4.69) is 12.2 Å². The number of carbonyl (C=O) groups excluding carboxylic acids is 1. The van der Waals surface area contributed by atoms with Crippen LogP contribution in [-0.4, -0.2) is 20.4 Å². The van der Waals surface area contributed by atoms with E-state index in [-0.39, 0.29) is 5.41 Å². The fourth-order valence-corrected chi connectivity index (χ4v) is 0.997. The van der Waals surface area contributed by atoms with Crippen LogP contribution < -0.4 is 10.1 Å². The van der Waals surface area contributed by atoms with Crippen molar-refractivity contribution in [2.24, 2.45) is 5.41 Å². The number of hydrogen-bond acceptors (Lipinski definition) is 3. The summed E-state index contributed by atoms with van der Waals surface area (Å²) in [7, 11) is 3.58. The molecule has 0 spiro atoms. The Kier molecular flexibility index (Phi) is 6.33. The molecule has 1 aromatic rings. The molecule has 0 aliphatic rings. The van der Waals surface area contributed by atoms with Crippen molar-refractivity contribution in [1.82, 2.24) is 0 Å². The highest BCUT2D eigenvalue weighted by Gasteiger charge is 2.04. The predicted molar refractivity (Wildman–Crippen MR) is 72.8 cm³/mol. The average Bonchev–Trinajstić information content (AvgIpc) is 2.29. The van der Waals surface area contributed by atoms with E-state index in [0.717, 1.165) is 17.7 Å². The first kappa shape index (κ1) is 15.5. The number of hydrogen-bond donors (Lipinski definition) is 1. The van der Waals surface area contributed by atoms with Crippen LogP contribution in [0.4, 0.5) is 5.69 Å². The number of anilines is 1. The Morgan fingerprint density at radius 1 is 1.29 bits per heavy atom. The Bertz CT molecular complexity index is 354. The van der Waals surface area contributed by atoms with Crippen LogP contribution in [0.5, 0.6) is 5.75 Å². The normalized spacial score (nSPS) is 10.0. The van der Waals surface area contributed by atoms with Gasteiger partial charge in [-0.15, -0.1) is 0 Å². The third kappa shape index (κ3) is 6.61. The fourth-order valence-electron chi connectivity index (χ4n) is 0.997. The van der Waals surface area contributed by atoms with Gasteiger partial charge in [-0.3, -0.25) is 0 Å². The first-order valence-electron chi connectivity index (χ1n) is 5.62. The number of carbonyl (C=O) groups is 1. The number of benzene rings is 1. The summed E-state index contributed by atoms with van der Waals surface area (Å²) in [5.41, 5.74) is 2.21. The van der Waals surface area contributed by atoms with Crippen LogP contribution in [-0.2, 0) is 4.79 Å². The summed E-state index contributed by atoms with van der Waals surface area (Å²) in [5.74, 6) is 0.889. The van der Waals surface area contributed by atoms with Crippen LogP contribution in [0.1, 0.15) is 26.3 Å². The van der Waals surface area contributed by atoms with Crippen LogP contribution in [0.3, 0.4) is 0 Å². The summed E-state index contributed by atoms with van der Waals surface area (Å²) >= 11 is 0. The quantitative estimate of drug-likeness (QED) is 0.802. The second-order valence-corrected chi connectivity index (χ2v) is 4.91. The van der Waals surface area contributed by atoms with Gasteiger partial charge in [0, 0.05) is 24.2 Å². The standard InChI is InChI=1S/C9H13NO.C5H10O/c1-7-4-5-8(11-3)6-9(7)10-2;1-5(2,3)4-6/h4-6,10H,1-3H3;4H,1-3H3. The van der Waals surface area contributed by atoms with E-state index in [0.29, 0.717) is 0 Å². The maximum atomic E-state index is 9.83. The maximum Gasteiger partial charge on any atom is 0.125 e. The zero-order valence-electron chi connectivity index (χ0n) is 11.6. The van der Waals surface area contributed by atoms with Crippen molar-refractivity contribution in [3.63, 3.8) is 0 Å². The van der Waals surface area contributed by atoms with E-state index in [1.807, 2.05) is 46.0 Å². The van der Waals surface area contributed by atoms with Crippen LogP contribution in [0.25, 0.3) is 0 Å². The first-order chi connectivity index (χ1) is 7.84. The predicted octanol–water partition coefficient (Wildman–Crippen LogP) is 3.28. The SMILES string of the molecule is CC(C)(C)C=O.CNc1cc(OC)ccc1C. The van der Waals surface area contributed by atoms with E-state index < -0.39 is 0 Å². The minimum atomic E-state index is -0.139. The lowest BCUT2D eigenvalue weighted by Gasteiger charge is -2.06. The molecule has 17 heavy (non-hydrogen) atoms. The average molecular weight is 237 g/mol. The van der Waals surface area contributed by atoms with E-state index in [4.69, 9.17) is 4.74 Å². The van der Waals surface area contributed by atoms with Crippen LogP contribution in [0.2, 0.25) is 0 Å². The lowest BCUT2D eigenvalue weighted by Crippen LogP contribution is -2.04. The number of methoxy groups -OCH3 is 1. The third-order valence-corrected chi connectivity index (χ3v) is 2.07. The summed E-state index contributed by atoms with van der Waals surface area (Å²) in [6, 6.07) is 5.97. The molecule has 0 unspecified atom stereocenters. The van der Waals surface area contributed by atoms with Crippen molar-refractivity contribution >= 4 is 12.0 Å². The second-order valence-electron chi connectivity index (χ2n) is 4.91. The van der Waals surface area contributed by atoms with Crippen LogP contribution >= 0.6 is 0 Å². The minimum Gasteiger partial charge on any atom is -0.497 e. The molecule has 0 atom stereocenters. The van der Waals surface area contributed by atoms with E-state index in [9.17, 15) is 4.79 Å². The summed E-state index contributed by atoms with van der Waals surface area (Å²) in [6.07, 6.45) is 0.938. The molecule has 0 saturated carbocycles. The van der Waals surface area contributed by atoms with E-state index in [1.165, 1.54) is 5.56 Å². The molecule has 0 aliphatic carbocycles. The Labute approximate surface area is 104 Å².